The van der Waals surface area contributed by atoms with Crippen molar-refractivity contribution in [3.05, 3.63) is 63.4 Å². The highest BCUT2D eigenvalue weighted by atomic mass is 79.9. The zero-order valence-corrected chi connectivity index (χ0v) is 15.3. The molecular formula is C18H12BrN3O2S. The van der Waals surface area contributed by atoms with Crippen molar-refractivity contribution in [2.24, 2.45) is 0 Å². The van der Waals surface area contributed by atoms with Gasteiger partial charge in [0.25, 0.3) is 5.91 Å². The molecule has 2 aromatic carbocycles. The minimum atomic E-state index is -0.237. The fourth-order valence-electron chi connectivity index (χ4n) is 2.62. The van der Waals surface area contributed by atoms with E-state index in [1.807, 2.05) is 29.6 Å². The Labute approximate surface area is 156 Å². The van der Waals surface area contributed by atoms with Gasteiger partial charge in [-0.1, -0.05) is 28.1 Å². The molecule has 2 N–H and O–H groups in total. The van der Waals surface area contributed by atoms with Crippen LogP contribution in [0.2, 0.25) is 0 Å². The molecule has 0 aliphatic carbocycles. The van der Waals surface area contributed by atoms with Crippen molar-refractivity contribution in [2.75, 3.05) is 10.6 Å². The number of benzene rings is 2. The van der Waals surface area contributed by atoms with Gasteiger partial charge in [-0.05, 0) is 35.9 Å². The smallest absolute Gasteiger partial charge is 0.257 e. The second-order valence-electron chi connectivity index (χ2n) is 5.60. The Hall–Kier alpha value is -2.51. The zero-order valence-electron chi connectivity index (χ0n) is 12.9. The molecule has 2 amide bonds. The van der Waals surface area contributed by atoms with Gasteiger partial charge in [0.1, 0.15) is 0 Å². The summed E-state index contributed by atoms with van der Waals surface area (Å²) in [6.07, 6.45) is 0.307. The van der Waals surface area contributed by atoms with E-state index in [1.165, 1.54) is 11.3 Å². The van der Waals surface area contributed by atoms with Crippen molar-refractivity contribution < 1.29 is 9.59 Å². The van der Waals surface area contributed by atoms with Crippen LogP contribution in [0.3, 0.4) is 0 Å². The molecular weight excluding hydrogens is 402 g/mol. The second-order valence-corrected chi connectivity index (χ2v) is 7.37. The quantitative estimate of drug-likeness (QED) is 0.671. The van der Waals surface area contributed by atoms with Crippen LogP contribution in [-0.4, -0.2) is 16.8 Å². The van der Waals surface area contributed by atoms with Gasteiger partial charge < -0.3 is 5.32 Å². The Morgan fingerprint density at radius 3 is 2.80 bits per heavy atom. The maximum Gasteiger partial charge on any atom is 0.257 e. The molecule has 1 aliphatic heterocycles. The van der Waals surface area contributed by atoms with Crippen molar-refractivity contribution in [1.82, 2.24) is 4.98 Å². The minimum absolute atomic E-state index is 0.0494. The van der Waals surface area contributed by atoms with E-state index < -0.39 is 0 Å². The lowest BCUT2D eigenvalue weighted by Gasteiger charge is -2.04. The SMILES string of the molecule is O=C1Cc2cc(C(=O)Nc3nc(-c4ccc(Br)cc4)cs3)ccc2N1. The van der Waals surface area contributed by atoms with Gasteiger partial charge in [0.05, 0.1) is 12.1 Å². The number of carbonyl (C=O) groups is 2. The topological polar surface area (TPSA) is 71.1 Å². The highest BCUT2D eigenvalue weighted by Gasteiger charge is 2.19. The molecule has 1 aliphatic rings. The highest BCUT2D eigenvalue weighted by molar-refractivity contribution is 9.10. The fraction of sp³-hybridized carbons (Fsp3) is 0.0556. The second kappa shape index (κ2) is 6.42. The Balaban J connectivity index is 1.51. The van der Waals surface area contributed by atoms with E-state index in [4.69, 9.17) is 0 Å². The monoisotopic (exact) mass is 413 g/mol. The lowest BCUT2D eigenvalue weighted by atomic mass is 10.1. The van der Waals surface area contributed by atoms with E-state index in [2.05, 4.69) is 31.5 Å². The Morgan fingerprint density at radius 2 is 2.00 bits per heavy atom. The first kappa shape index (κ1) is 16.0. The number of rotatable bonds is 3. The number of fused-ring (bicyclic) bond motifs is 1. The average molecular weight is 414 g/mol. The van der Waals surface area contributed by atoms with Crippen molar-refractivity contribution in [3.63, 3.8) is 0 Å². The van der Waals surface area contributed by atoms with Crippen molar-refractivity contribution in [1.29, 1.82) is 0 Å². The molecule has 124 valence electrons. The molecule has 2 heterocycles. The third-order valence-corrected chi connectivity index (χ3v) is 5.14. The number of nitrogens with one attached hydrogen (secondary N) is 2. The molecule has 0 radical (unpaired) electrons. The van der Waals surface area contributed by atoms with E-state index in [1.54, 1.807) is 18.2 Å². The van der Waals surface area contributed by atoms with Crippen LogP contribution in [0.5, 0.6) is 0 Å². The van der Waals surface area contributed by atoms with Gasteiger partial charge in [-0.15, -0.1) is 11.3 Å². The van der Waals surface area contributed by atoms with E-state index in [-0.39, 0.29) is 11.8 Å². The summed E-state index contributed by atoms with van der Waals surface area (Å²) >= 11 is 4.78. The summed E-state index contributed by atoms with van der Waals surface area (Å²) in [5, 5.41) is 8.02. The van der Waals surface area contributed by atoms with E-state index >= 15 is 0 Å². The van der Waals surface area contributed by atoms with Gasteiger partial charge in [0.2, 0.25) is 5.91 Å². The largest absolute Gasteiger partial charge is 0.326 e. The summed E-state index contributed by atoms with van der Waals surface area (Å²) in [7, 11) is 0. The molecule has 4 rings (SSSR count). The number of halogens is 1. The van der Waals surface area contributed by atoms with E-state index in [9.17, 15) is 9.59 Å². The van der Waals surface area contributed by atoms with Crippen molar-refractivity contribution >= 4 is 49.9 Å². The van der Waals surface area contributed by atoms with Crippen LogP contribution in [0.15, 0.2) is 52.3 Å². The normalized spacial score (nSPS) is 12.6. The summed E-state index contributed by atoms with van der Waals surface area (Å²) in [5.41, 5.74) is 3.93. The van der Waals surface area contributed by atoms with Crippen LogP contribution < -0.4 is 10.6 Å². The average Bonchev–Trinajstić information content (AvgIpc) is 3.20. The summed E-state index contributed by atoms with van der Waals surface area (Å²) in [4.78, 5) is 28.3. The molecule has 0 unspecified atom stereocenters. The van der Waals surface area contributed by atoms with Crippen LogP contribution in [0, 0.1) is 0 Å². The van der Waals surface area contributed by atoms with Crippen LogP contribution in [0.1, 0.15) is 15.9 Å². The van der Waals surface area contributed by atoms with E-state index in [0.29, 0.717) is 17.1 Å². The maximum absolute atomic E-state index is 12.4. The minimum Gasteiger partial charge on any atom is -0.326 e. The first-order valence-electron chi connectivity index (χ1n) is 7.54. The molecule has 0 saturated heterocycles. The lowest BCUT2D eigenvalue weighted by molar-refractivity contribution is -0.115. The summed E-state index contributed by atoms with van der Waals surface area (Å²) < 4.78 is 1.00. The molecule has 5 nitrogen and oxygen atoms in total. The third kappa shape index (κ3) is 3.33. The van der Waals surface area contributed by atoms with Gasteiger partial charge in [-0.25, -0.2) is 4.98 Å². The van der Waals surface area contributed by atoms with Crippen LogP contribution in [0.25, 0.3) is 11.3 Å². The van der Waals surface area contributed by atoms with E-state index in [0.717, 1.165) is 27.0 Å². The Morgan fingerprint density at radius 1 is 1.20 bits per heavy atom. The highest BCUT2D eigenvalue weighted by Crippen LogP contribution is 2.27. The predicted molar refractivity (Wildman–Crippen MR) is 102 cm³/mol. The van der Waals surface area contributed by atoms with Crippen LogP contribution in [0.4, 0.5) is 10.8 Å². The van der Waals surface area contributed by atoms with Gasteiger partial charge >= 0.3 is 0 Å². The van der Waals surface area contributed by atoms with Crippen molar-refractivity contribution in [3.8, 4) is 11.3 Å². The molecule has 0 fully saturated rings. The first-order chi connectivity index (χ1) is 12.1. The van der Waals surface area contributed by atoms with Gasteiger partial charge in [-0.2, -0.15) is 0 Å². The van der Waals surface area contributed by atoms with Gasteiger partial charge in [0, 0.05) is 26.7 Å². The zero-order chi connectivity index (χ0) is 17.4. The molecule has 25 heavy (non-hydrogen) atoms. The number of hydrogen-bond donors (Lipinski definition) is 2. The Kier molecular flexibility index (Phi) is 4.10. The molecule has 0 bridgehead atoms. The molecule has 0 saturated carbocycles. The molecule has 1 aromatic heterocycles. The summed E-state index contributed by atoms with van der Waals surface area (Å²) in [6, 6.07) is 13.0. The third-order valence-electron chi connectivity index (χ3n) is 3.86. The standard InChI is InChI=1S/C18H12BrN3O2S/c19-13-4-1-10(2-5-13)15-9-25-18(21-15)22-17(24)11-3-6-14-12(7-11)8-16(23)20-14/h1-7,9H,8H2,(H,20,23)(H,21,22,24). The summed E-state index contributed by atoms with van der Waals surface area (Å²) in [6.45, 7) is 0. The number of hydrogen-bond acceptors (Lipinski definition) is 4. The van der Waals surface area contributed by atoms with Gasteiger partial charge in [0.15, 0.2) is 5.13 Å². The number of anilines is 2. The summed E-state index contributed by atoms with van der Waals surface area (Å²) in [5.74, 6) is -0.287. The molecule has 0 spiro atoms. The number of thiazole rings is 1. The van der Waals surface area contributed by atoms with Crippen LogP contribution >= 0.6 is 27.3 Å². The molecule has 3 aromatic rings. The lowest BCUT2D eigenvalue weighted by Crippen LogP contribution is -2.11. The Bertz CT molecular complexity index is 982. The fourth-order valence-corrected chi connectivity index (χ4v) is 3.60. The first-order valence-corrected chi connectivity index (χ1v) is 9.21. The number of carbonyl (C=O) groups excluding carboxylic acids is 2. The number of aromatic nitrogens is 1. The molecule has 0 atom stereocenters. The van der Waals surface area contributed by atoms with Crippen molar-refractivity contribution in [2.45, 2.75) is 6.42 Å². The number of nitrogens with zero attached hydrogens (tertiary/aromatic N) is 1. The maximum atomic E-state index is 12.4. The van der Waals surface area contributed by atoms with Crippen LogP contribution in [-0.2, 0) is 11.2 Å². The van der Waals surface area contributed by atoms with Gasteiger partial charge in [-0.3, -0.25) is 14.9 Å². The number of amides is 2. The predicted octanol–water partition coefficient (Wildman–Crippen LogP) is 4.32. The molecule has 7 heteroatoms.